The number of hydrogen-bond donors (Lipinski definition) is 1. The molecule has 1 aliphatic heterocycles. The van der Waals surface area contributed by atoms with Gasteiger partial charge in [0.2, 0.25) is 5.09 Å². The molecule has 0 spiro atoms. The Hall–Kier alpha value is -0.890. The first-order valence-electron chi connectivity index (χ1n) is 7.10. The Labute approximate surface area is 126 Å². The molecule has 7 heteroatoms. The van der Waals surface area contributed by atoms with Crippen LogP contribution in [0, 0.1) is 0 Å². The fourth-order valence-corrected chi connectivity index (χ4v) is 3.59. The zero-order chi connectivity index (χ0) is 15.8. The Morgan fingerprint density at radius 1 is 1.43 bits per heavy atom. The molecule has 1 atom stereocenters. The molecule has 1 aromatic rings. The second-order valence-electron chi connectivity index (χ2n) is 6.29. The van der Waals surface area contributed by atoms with Crippen LogP contribution in [0.3, 0.4) is 0 Å². The van der Waals surface area contributed by atoms with Crippen molar-refractivity contribution in [3.63, 3.8) is 0 Å². The van der Waals surface area contributed by atoms with Gasteiger partial charge in [-0.15, -0.1) is 0 Å². The van der Waals surface area contributed by atoms with E-state index in [0.717, 1.165) is 23.7 Å². The molecule has 1 N–H and O–H groups in total. The van der Waals surface area contributed by atoms with Gasteiger partial charge in [0.05, 0.1) is 12.1 Å². The summed E-state index contributed by atoms with van der Waals surface area (Å²) in [5.41, 5.74) is -0.776. The van der Waals surface area contributed by atoms with Crippen LogP contribution in [0.5, 0.6) is 0 Å². The van der Waals surface area contributed by atoms with Crippen LogP contribution in [0.1, 0.15) is 32.4 Å². The summed E-state index contributed by atoms with van der Waals surface area (Å²) < 4.78 is 30.6. The molecule has 21 heavy (non-hydrogen) atoms. The average molecular weight is 316 g/mol. The molecule has 0 bridgehead atoms. The van der Waals surface area contributed by atoms with Crippen molar-refractivity contribution in [2.45, 2.75) is 50.0 Å². The maximum Gasteiger partial charge on any atom is 0.275 e. The predicted octanol–water partition coefficient (Wildman–Crippen LogP) is 1.27. The van der Waals surface area contributed by atoms with Crippen molar-refractivity contribution in [2.75, 3.05) is 20.6 Å². The monoisotopic (exact) mass is 316 g/mol. The average Bonchev–Trinajstić information content (AvgIpc) is 2.97. The van der Waals surface area contributed by atoms with Gasteiger partial charge in [0.15, 0.2) is 0 Å². The summed E-state index contributed by atoms with van der Waals surface area (Å²) in [7, 11) is -0.584. The molecule has 0 aliphatic carbocycles. The lowest BCUT2D eigenvalue weighted by Gasteiger charge is -2.33. The van der Waals surface area contributed by atoms with Crippen LogP contribution in [0.2, 0.25) is 0 Å². The van der Waals surface area contributed by atoms with Crippen LogP contribution in [0.4, 0.5) is 0 Å². The van der Waals surface area contributed by atoms with E-state index < -0.39 is 15.6 Å². The van der Waals surface area contributed by atoms with Crippen LogP contribution in [0.15, 0.2) is 21.6 Å². The van der Waals surface area contributed by atoms with Crippen molar-refractivity contribution in [2.24, 2.45) is 0 Å². The molecule has 1 aliphatic rings. The lowest BCUT2D eigenvalue weighted by atomic mass is 9.96. The molecule has 1 fully saturated rings. The number of rotatable bonds is 5. The second-order valence-corrected chi connectivity index (χ2v) is 8.37. The Kier molecular flexibility index (Phi) is 4.49. The van der Waals surface area contributed by atoms with Gasteiger partial charge in [-0.3, -0.25) is 4.90 Å². The van der Waals surface area contributed by atoms with Gasteiger partial charge in [-0.2, -0.15) is 0 Å². The quantitative estimate of drug-likeness (QED) is 0.885. The van der Waals surface area contributed by atoms with Gasteiger partial charge < -0.3 is 9.52 Å². The van der Waals surface area contributed by atoms with E-state index in [4.69, 9.17) is 4.42 Å². The third-order valence-electron chi connectivity index (χ3n) is 3.91. The van der Waals surface area contributed by atoms with E-state index in [1.165, 1.54) is 20.2 Å². The highest BCUT2D eigenvalue weighted by molar-refractivity contribution is 7.88. The number of likely N-dealkylation sites (tertiary alicyclic amines) is 1. The van der Waals surface area contributed by atoms with E-state index in [9.17, 15) is 13.5 Å². The Morgan fingerprint density at radius 2 is 2.10 bits per heavy atom. The van der Waals surface area contributed by atoms with Gasteiger partial charge in [0.25, 0.3) is 10.0 Å². The number of sulfonamides is 1. The van der Waals surface area contributed by atoms with Crippen molar-refractivity contribution < 1.29 is 17.9 Å². The zero-order valence-corrected chi connectivity index (χ0v) is 13.9. The Morgan fingerprint density at radius 3 is 2.67 bits per heavy atom. The summed E-state index contributed by atoms with van der Waals surface area (Å²) in [5.74, 6) is 0.603. The summed E-state index contributed by atoms with van der Waals surface area (Å²) in [6.45, 7) is 5.00. The lowest BCUT2D eigenvalue weighted by Crippen LogP contribution is -2.45. The maximum absolute atomic E-state index is 12.0. The number of nitrogens with zero attached hydrogens (tertiary/aromatic N) is 2. The van der Waals surface area contributed by atoms with Crippen molar-refractivity contribution in [3.05, 3.63) is 17.9 Å². The highest BCUT2D eigenvalue weighted by Gasteiger charge is 2.36. The largest absolute Gasteiger partial charge is 0.447 e. The highest BCUT2D eigenvalue weighted by atomic mass is 32.2. The first-order chi connectivity index (χ1) is 9.62. The van der Waals surface area contributed by atoms with Crippen LogP contribution in [-0.4, -0.2) is 55.0 Å². The minimum absolute atomic E-state index is 0.0403. The third-order valence-corrected chi connectivity index (χ3v) is 5.60. The molecular weight excluding hydrogens is 292 g/mol. The van der Waals surface area contributed by atoms with Gasteiger partial charge in [-0.1, -0.05) is 0 Å². The van der Waals surface area contributed by atoms with Crippen molar-refractivity contribution in [1.29, 1.82) is 0 Å². The van der Waals surface area contributed by atoms with E-state index in [2.05, 4.69) is 4.90 Å². The summed E-state index contributed by atoms with van der Waals surface area (Å²) in [6.07, 6.45) is 1.96. The van der Waals surface area contributed by atoms with E-state index in [1.54, 1.807) is 19.9 Å². The maximum atomic E-state index is 12.0. The first kappa shape index (κ1) is 16.5. The molecule has 6 nitrogen and oxygen atoms in total. The van der Waals surface area contributed by atoms with E-state index in [0.29, 0.717) is 12.3 Å². The Bertz CT molecular complexity index is 586. The minimum atomic E-state index is -3.53. The molecule has 0 amide bonds. The predicted molar refractivity (Wildman–Crippen MR) is 79.3 cm³/mol. The molecule has 2 rings (SSSR count). The molecule has 0 aromatic carbocycles. The van der Waals surface area contributed by atoms with Crippen LogP contribution < -0.4 is 0 Å². The van der Waals surface area contributed by atoms with Crippen molar-refractivity contribution in [1.82, 2.24) is 9.21 Å². The molecular formula is C14H24N2O4S. The molecule has 120 valence electrons. The number of furan rings is 1. The van der Waals surface area contributed by atoms with E-state index in [1.807, 2.05) is 0 Å². The molecule has 0 radical (unpaired) electrons. The fourth-order valence-electron chi connectivity index (χ4n) is 2.78. The zero-order valence-electron chi connectivity index (χ0n) is 13.0. The number of hydrogen-bond acceptors (Lipinski definition) is 5. The highest BCUT2D eigenvalue weighted by Crippen LogP contribution is 2.29. The normalized spacial score (nSPS) is 21.3. The summed E-state index contributed by atoms with van der Waals surface area (Å²) in [5, 5.41) is 10.2. The lowest BCUT2D eigenvalue weighted by molar-refractivity contribution is -0.00708. The first-order valence-corrected chi connectivity index (χ1v) is 8.54. The van der Waals surface area contributed by atoms with Gasteiger partial charge in [0, 0.05) is 20.1 Å². The second kappa shape index (κ2) is 5.72. The van der Waals surface area contributed by atoms with E-state index in [-0.39, 0.29) is 11.1 Å². The molecule has 1 saturated heterocycles. The van der Waals surface area contributed by atoms with Crippen molar-refractivity contribution in [3.8, 4) is 0 Å². The van der Waals surface area contributed by atoms with Gasteiger partial charge in [-0.05, 0) is 45.4 Å². The van der Waals surface area contributed by atoms with Crippen LogP contribution in [0.25, 0.3) is 0 Å². The van der Waals surface area contributed by atoms with Crippen LogP contribution >= 0.6 is 0 Å². The van der Waals surface area contributed by atoms with Crippen molar-refractivity contribution >= 4 is 10.0 Å². The topological polar surface area (TPSA) is 74.0 Å². The van der Waals surface area contributed by atoms with Gasteiger partial charge in [0.1, 0.15) is 5.76 Å². The summed E-state index contributed by atoms with van der Waals surface area (Å²) in [6, 6.07) is 3.24. The third kappa shape index (κ3) is 3.48. The molecule has 0 saturated carbocycles. The molecule has 2 heterocycles. The van der Waals surface area contributed by atoms with Crippen LogP contribution in [-0.2, 0) is 16.6 Å². The number of aliphatic hydroxyl groups is 1. The smallest absolute Gasteiger partial charge is 0.275 e. The SMILES string of the molecule is CN(C)S(=O)(=O)c1ccc(CN2CCCC2C(C)(C)O)o1. The van der Waals surface area contributed by atoms with Gasteiger partial charge >= 0.3 is 0 Å². The molecule has 1 aromatic heterocycles. The summed E-state index contributed by atoms with van der Waals surface area (Å²) >= 11 is 0. The Balaban J connectivity index is 2.13. The fraction of sp³-hybridized carbons (Fsp3) is 0.714. The summed E-state index contributed by atoms with van der Waals surface area (Å²) in [4.78, 5) is 2.14. The molecule has 1 unspecified atom stereocenters. The van der Waals surface area contributed by atoms with Gasteiger partial charge in [-0.25, -0.2) is 12.7 Å². The van der Waals surface area contributed by atoms with E-state index >= 15 is 0 Å². The standard InChI is InChI=1S/C14H24N2O4S/c1-14(2,17)12-6-5-9-16(12)10-11-7-8-13(20-11)21(18,19)15(3)4/h7-8,12,17H,5-6,9-10H2,1-4H3. The minimum Gasteiger partial charge on any atom is -0.447 e.